The fourth-order valence-electron chi connectivity index (χ4n) is 2.27. The highest BCUT2D eigenvalue weighted by molar-refractivity contribution is 5.69. The van der Waals surface area contributed by atoms with Gasteiger partial charge in [0, 0.05) is 11.5 Å². The quantitative estimate of drug-likeness (QED) is 0.461. The van der Waals surface area contributed by atoms with Crippen molar-refractivity contribution in [1.29, 1.82) is 0 Å². The summed E-state index contributed by atoms with van der Waals surface area (Å²) in [7, 11) is 0. The van der Waals surface area contributed by atoms with Crippen LogP contribution >= 0.6 is 0 Å². The maximum absolute atomic E-state index is 8.58. The molecule has 2 N–H and O–H groups in total. The third-order valence-corrected chi connectivity index (χ3v) is 3.74. The lowest BCUT2D eigenvalue weighted by Crippen LogP contribution is -2.06. The molecule has 0 saturated carbocycles. The fourth-order valence-corrected chi connectivity index (χ4v) is 2.27. The number of rotatable bonds is 7. The minimum atomic E-state index is 0.250. The van der Waals surface area contributed by atoms with Crippen LogP contribution in [0.5, 0.6) is 0 Å². The van der Waals surface area contributed by atoms with Crippen molar-refractivity contribution in [3.05, 3.63) is 77.5 Å². The highest BCUT2D eigenvalue weighted by Crippen LogP contribution is 2.28. The van der Waals surface area contributed by atoms with Gasteiger partial charge in [-0.1, -0.05) is 74.5 Å². The summed E-state index contributed by atoms with van der Waals surface area (Å²) < 4.78 is 6.13. The molecule has 0 aliphatic rings. The molecule has 2 aromatic carbocycles. The van der Waals surface area contributed by atoms with Gasteiger partial charge in [0.05, 0.1) is 0 Å². The summed E-state index contributed by atoms with van der Waals surface area (Å²) >= 11 is 0. The van der Waals surface area contributed by atoms with Crippen molar-refractivity contribution in [3.63, 3.8) is 0 Å². The molecule has 0 aromatic heterocycles. The number of hydrogen-bond acceptors (Lipinski definition) is 3. The van der Waals surface area contributed by atoms with Gasteiger partial charge in [-0.05, 0) is 18.7 Å². The second-order valence-electron chi connectivity index (χ2n) is 5.46. The van der Waals surface area contributed by atoms with Crippen molar-refractivity contribution in [1.82, 2.24) is 0 Å². The highest BCUT2D eigenvalue weighted by atomic mass is 16.5. The number of nitrogens with two attached hydrogens (primary N) is 1. The molecule has 1 amide bonds. The van der Waals surface area contributed by atoms with Crippen LogP contribution in [0.1, 0.15) is 31.4 Å². The van der Waals surface area contributed by atoms with Crippen molar-refractivity contribution in [2.75, 3.05) is 0 Å². The van der Waals surface area contributed by atoms with Gasteiger partial charge in [-0.15, -0.1) is 0 Å². The van der Waals surface area contributed by atoms with E-state index in [9.17, 15) is 0 Å². The van der Waals surface area contributed by atoms with Gasteiger partial charge in [0.25, 0.3) is 0 Å². The first-order valence-corrected chi connectivity index (χ1v) is 8.26. The Labute approximate surface area is 150 Å². The van der Waals surface area contributed by atoms with Crippen molar-refractivity contribution in [3.8, 4) is 0 Å². The van der Waals surface area contributed by atoms with E-state index in [1.807, 2.05) is 48.5 Å². The summed E-state index contributed by atoms with van der Waals surface area (Å²) in [4.78, 5) is 12.8. The van der Waals surface area contributed by atoms with Crippen LogP contribution in [0.15, 0.2) is 71.4 Å². The molecule has 1 unspecified atom stereocenters. The normalized spacial score (nSPS) is 12.1. The maximum Gasteiger partial charge on any atom is 0.204 e. The standard InChI is InChI=1S/C20H23NO.CH3NO/c1-4-16(2)20(22-15-17-11-7-5-8-12-17)19(21-3)18-13-9-6-10-14-18;2-1-3/h5-14,16H,3-4,15H2,1-2H3;1H,(H2,2,3)/b20-19-;. The number of carbonyl (C=O) groups excluding carboxylic acids is 1. The van der Waals surface area contributed by atoms with E-state index in [4.69, 9.17) is 9.53 Å². The molecule has 0 saturated heterocycles. The van der Waals surface area contributed by atoms with Crippen molar-refractivity contribution in [2.45, 2.75) is 26.9 Å². The summed E-state index contributed by atoms with van der Waals surface area (Å²) in [6.45, 7) is 8.61. The molecule has 0 spiro atoms. The molecule has 4 heteroatoms. The molecule has 0 fully saturated rings. The molecular formula is C21H26N2O2. The van der Waals surface area contributed by atoms with Gasteiger partial charge >= 0.3 is 0 Å². The molecule has 0 bridgehead atoms. The minimum absolute atomic E-state index is 0.250. The van der Waals surface area contributed by atoms with Crippen molar-refractivity contribution in [2.24, 2.45) is 16.6 Å². The molecule has 1 atom stereocenters. The SMILES string of the molecule is C=N/C(=C(\OCc1ccccc1)C(C)CC)c1ccccc1.NC=O. The number of hydrogen-bond donors (Lipinski definition) is 1. The van der Waals surface area contributed by atoms with Gasteiger partial charge in [0.1, 0.15) is 18.1 Å². The number of primary amides is 1. The zero-order valence-electron chi connectivity index (χ0n) is 14.9. The van der Waals surface area contributed by atoms with E-state index in [2.05, 4.69) is 43.4 Å². The topological polar surface area (TPSA) is 64.7 Å². The monoisotopic (exact) mass is 338 g/mol. The smallest absolute Gasteiger partial charge is 0.204 e. The molecular weight excluding hydrogens is 312 g/mol. The lowest BCUT2D eigenvalue weighted by molar-refractivity contribution is -0.106. The van der Waals surface area contributed by atoms with E-state index in [1.54, 1.807) is 0 Å². The second-order valence-corrected chi connectivity index (χ2v) is 5.46. The van der Waals surface area contributed by atoms with Crippen LogP contribution in [0.25, 0.3) is 5.70 Å². The molecule has 4 nitrogen and oxygen atoms in total. The predicted octanol–water partition coefficient (Wildman–Crippen LogP) is 4.42. The minimum Gasteiger partial charge on any atom is -0.491 e. The Morgan fingerprint density at radius 1 is 1.16 bits per heavy atom. The van der Waals surface area contributed by atoms with Crippen molar-refractivity contribution < 1.29 is 9.53 Å². The number of allylic oxidation sites excluding steroid dienone is 1. The Morgan fingerprint density at radius 2 is 1.68 bits per heavy atom. The maximum atomic E-state index is 8.58. The summed E-state index contributed by atoms with van der Waals surface area (Å²) in [6.07, 6.45) is 1.25. The first-order chi connectivity index (χ1) is 12.2. The average Bonchev–Trinajstić information content (AvgIpc) is 2.66. The number of carbonyl (C=O) groups is 1. The lowest BCUT2D eigenvalue weighted by atomic mass is 10.0. The van der Waals surface area contributed by atoms with E-state index < -0.39 is 0 Å². The summed E-state index contributed by atoms with van der Waals surface area (Å²) in [6, 6.07) is 20.3. The Bertz CT molecular complexity index is 667. The third kappa shape index (κ3) is 6.63. The number of ether oxygens (including phenoxy) is 1. The first-order valence-electron chi connectivity index (χ1n) is 8.26. The third-order valence-electron chi connectivity index (χ3n) is 3.74. The number of benzene rings is 2. The molecule has 0 heterocycles. The van der Waals surface area contributed by atoms with E-state index in [1.165, 1.54) is 0 Å². The fraction of sp³-hybridized carbons (Fsp3) is 0.238. The molecule has 132 valence electrons. The molecule has 0 aliphatic heterocycles. The van der Waals surface area contributed by atoms with Gasteiger partial charge in [-0.2, -0.15) is 0 Å². The van der Waals surface area contributed by atoms with Gasteiger partial charge in [-0.3, -0.25) is 9.79 Å². The Balaban J connectivity index is 0.000000970. The number of amides is 1. The number of aliphatic imine (C=N–C) groups is 1. The zero-order valence-corrected chi connectivity index (χ0v) is 14.9. The van der Waals surface area contributed by atoms with E-state index in [0.717, 1.165) is 29.0 Å². The predicted molar refractivity (Wildman–Crippen MR) is 104 cm³/mol. The average molecular weight is 338 g/mol. The molecule has 2 aromatic rings. The Morgan fingerprint density at radius 3 is 2.16 bits per heavy atom. The van der Waals surface area contributed by atoms with Crippen LogP contribution in [0.4, 0.5) is 0 Å². The van der Waals surface area contributed by atoms with Crippen LogP contribution in [0, 0.1) is 5.92 Å². The molecule has 25 heavy (non-hydrogen) atoms. The van der Waals surface area contributed by atoms with Crippen LogP contribution in [-0.4, -0.2) is 13.1 Å². The van der Waals surface area contributed by atoms with Gasteiger partial charge in [0.15, 0.2) is 0 Å². The van der Waals surface area contributed by atoms with E-state index in [0.29, 0.717) is 12.5 Å². The largest absolute Gasteiger partial charge is 0.491 e. The van der Waals surface area contributed by atoms with Gasteiger partial charge in [0.2, 0.25) is 6.41 Å². The molecule has 0 radical (unpaired) electrons. The molecule has 2 rings (SSSR count). The second kappa shape index (κ2) is 11.6. The van der Waals surface area contributed by atoms with E-state index in [-0.39, 0.29) is 6.41 Å². The van der Waals surface area contributed by atoms with Gasteiger partial charge < -0.3 is 10.5 Å². The van der Waals surface area contributed by atoms with Gasteiger partial charge in [-0.25, -0.2) is 0 Å². The number of nitrogens with zero attached hydrogens (tertiary/aromatic N) is 1. The van der Waals surface area contributed by atoms with Crippen LogP contribution < -0.4 is 5.73 Å². The van der Waals surface area contributed by atoms with Crippen LogP contribution in [-0.2, 0) is 16.1 Å². The first kappa shape index (κ1) is 20.2. The van der Waals surface area contributed by atoms with Crippen LogP contribution in [0.2, 0.25) is 0 Å². The van der Waals surface area contributed by atoms with Crippen LogP contribution in [0.3, 0.4) is 0 Å². The Kier molecular flexibility index (Phi) is 9.38. The summed E-state index contributed by atoms with van der Waals surface area (Å²) in [5.74, 6) is 1.21. The summed E-state index contributed by atoms with van der Waals surface area (Å²) in [5.41, 5.74) is 7.20. The van der Waals surface area contributed by atoms with Crippen molar-refractivity contribution >= 4 is 18.8 Å². The molecule has 0 aliphatic carbocycles. The lowest BCUT2D eigenvalue weighted by Gasteiger charge is -2.19. The highest BCUT2D eigenvalue weighted by Gasteiger charge is 2.16. The van der Waals surface area contributed by atoms with E-state index >= 15 is 0 Å². The zero-order chi connectivity index (χ0) is 18.5. The summed E-state index contributed by atoms with van der Waals surface area (Å²) in [5, 5.41) is 0. The Hall–Kier alpha value is -2.88.